The zero-order valence-electron chi connectivity index (χ0n) is 16.0. The maximum atomic E-state index is 14.7. The quantitative estimate of drug-likeness (QED) is 0.301. The fraction of sp³-hybridized carbons (Fsp3) is 0.200. The lowest BCUT2D eigenvalue weighted by Crippen LogP contribution is -2.52. The molecule has 0 bridgehead atoms. The molecule has 2 aromatic heterocycles. The first-order valence-corrected chi connectivity index (χ1v) is 10.2. The summed E-state index contributed by atoms with van der Waals surface area (Å²) in [5.74, 6) is -1.92. The van der Waals surface area contributed by atoms with E-state index in [1.54, 1.807) is 24.4 Å². The molecule has 0 spiro atoms. The summed E-state index contributed by atoms with van der Waals surface area (Å²) < 4.78 is 26.2. The molecule has 3 aromatic rings. The zero-order chi connectivity index (χ0) is 21.9. The highest BCUT2D eigenvalue weighted by molar-refractivity contribution is 14.1. The van der Waals surface area contributed by atoms with Crippen molar-refractivity contribution in [2.45, 2.75) is 12.1 Å². The first kappa shape index (κ1) is 19.7. The second-order valence-electron chi connectivity index (χ2n) is 7.21. The van der Waals surface area contributed by atoms with E-state index in [4.69, 9.17) is 9.15 Å². The van der Waals surface area contributed by atoms with Crippen LogP contribution < -0.4 is 15.4 Å². The average molecular weight is 536 g/mol. The van der Waals surface area contributed by atoms with Crippen LogP contribution in [0.2, 0.25) is 0 Å². The predicted molar refractivity (Wildman–Crippen MR) is 113 cm³/mol. The third kappa shape index (κ3) is 2.86. The predicted octanol–water partition coefficient (Wildman–Crippen LogP) is 2.27. The van der Waals surface area contributed by atoms with Crippen molar-refractivity contribution < 1.29 is 27.9 Å². The SMILES string of the molecule is COc1ccc2c(c1F)C(=O)N(C[C@@]1(c3cc4c(I)nccc4o3)NC(=O)NC1=O)C2. The number of urea groups is 1. The van der Waals surface area contributed by atoms with Crippen molar-refractivity contribution in [2.75, 3.05) is 13.7 Å². The number of carbonyl (C=O) groups excluding carboxylic acids is 3. The minimum absolute atomic E-state index is 0.0464. The number of methoxy groups -OCH3 is 1. The lowest BCUT2D eigenvalue weighted by molar-refractivity contribution is -0.125. The molecule has 1 atom stereocenters. The smallest absolute Gasteiger partial charge is 0.322 e. The minimum atomic E-state index is -1.67. The largest absolute Gasteiger partial charge is 0.494 e. The highest BCUT2D eigenvalue weighted by Crippen LogP contribution is 2.36. The molecule has 0 saturated carbocycles. The van der Waals surface area contributed by atoms with Crippen molar-refractivity contribution in [1.29, 1.82) is 0 Å². The average Bonchev–Trinajstić information content (AvgIpc) is 3.38. The van der Waals surface area contributed by atoms with Gasteiger partial charge in [-0.25, -0.2) is 14.2 Å². The highest BCUT2D eigenvalue weighted by Gasteiger charge is 2.53. The van der Waals surface area contributed by atoms with Crippen LogP contribution >= 0.6 is 22.6 Å². The molecule has 4 amide bonds. The summed E-state index contributed by atoms with van der Waals surface area (Å²) in [7, 11) is 1.31. The Bertz CT molecular complexity index is 1290. The van der Waals surface area contributed by atoms with Crippen LogP contribution in [0.5, 0.6) is 5.75 Å². The molecular formula is C20H14FIN4O5. The number of carbonyl (C=O) groups is 3. The van der Waals surface area contributed by atoms with Gasteiger partial charge >= 0.3 is 6.03 Å². The van der Waals surface area contributed by atoms with Gasteiger partial charge in [0.1, 0.15) is 15.0 Å². The van der Waals surface area contributed by atoms with Crippen LogP contribution in [0, 0.1) is 9.52 Å². The van der Waals surface area contributed by atoms with Crippen LogP contribution in [0.25, 0.3) is 11.0 Å². The molecule has 4 heterocycles. The number of ether oxygens (including phenoxy) is 1. The molecule has 0 unspecified atom stereocenters. The van der Waals surface area contributed by atoms with Crippen molar-refractivity contribution in [3.05, 3.63) is 56.9 Å². The van der Waals surface area contributed by atoms with E-state index in [9.17, 15) is 18.8 Å². The maximum Gasteiger partial charge on any atom is 0.322 e. The molecule has 0 aliphatic carbocycles. The van der Waals surface area contributed by atoms with Gasteiger partial charge in [0.15, 0.2) is 17.1 Å². The summed E-state index contributed by atoms with van der Waals surface area (Å²) in [5, 5.41) is 5.47. The lowest BCUT2D eigenvalue weighted by atomic mass is 9.95. The molecule has 158 valence electrons. The molecule has 1 fully saturated rings. The van der Waals surface area contributed by atoms with E-state index in [1.807, 2.05) is 22.6 Å². The Kier molecular flexibility index (Phi) is 4.39. The molecule has 9 nitrogen and oxygen atoms in total. The third-order valence-electron chi connectivity index (χ3n) is 5.46. The number of hydrogen-bond donors (Lipinski definition) is 2. The first-order valence-electron chi connectivity index (χ1n) is 9.17. The summed E-state index contributed by atoms with van der Waals surface area (Å²) >= 11 is 2.04. The van der Waals surface area contributed by atoms with Crippen molar-refractivity contribution in [2.24, 2.45) is 0 Å². The van der Waals surface area contributed by atoms with Crippen LogP contribution in [0.3, 0.4) is 0 Å². The van der Waals surface area contributed by atoms with Gasteiger partial charge < -0.3 is 19.4 Å². The molecule has 31 heavy (non-hydrogen) atoms. The Hall–Kier alpha value is -3.22. The van der Waals surface area contributed by atoms with Crippen molar-refractivity contribution >= 4 is 51.4 Å². The minimum Gasteiger partial charge on any atom is -0.494 e. The van der Waals surface area contributed by atoms with Crippen molar-refractivity contribution in [1.82, 2.24) is 20.5 Å². The van der Waals surface area contributed by atoms with Crippen LogP contribution in [-0.2, 0) is 16.9 Å². The number of furan rings is 1. The summed E-state index contributed by atoms with van der Waals surface area (Å²) in [6, 6.07) is 5.59. The summed E-state index contributed by atoms with van der Waals surface area (Å²) in [6.07, 6.45) is 1.56. The van der Waals surface area contributed by atoms with E-state index in [2.05, 4.69) is 15.6 Å². The van der Waals surface area contributed by atoms with E-state index in [0.717, 1.165) is 0 Å². The Morgan fingerprint density at radius 3 is 2.81 bits per heavy atom. The van der Waals surface area contributed by atoms with Gasteiger partial charge in [-0.2, -0.15) is 0 Å². The lowest BCUT2D eigenvalue weighted by Gasteiger charge is -2.29. The molecule has 1 aromatic carbocycles. The fourth-order valence-electron chi connectivity index (χ4n) is 3.96. The van der Waals surface area contributed by atoms with Crippen LogP contribution in [-0.4, -0.2) is 41.4 Å². The summed E-state index contributed by atoms with van der Waals surface area (Å²) in [5.41, 5.74) is -0.832. The standard InChI is InChI=1S/C20H14FIN4O5/c1-30-12-3-2-9-7-26(17(27)14(9)15(12)21)8-20(18(28)24-19(29)25-20)13-6-10-11(31-13)4-5-23-16(10)22/h2-6H,7-8H2,1H3,(H2,24,25,28,29)/t20-/m0/s1. The Morgan fingerprint density at radius 1 is 1.32 bits per heavy atom. The second-order valence-corrected chi connectivity index (χ2v) is 8.24. The Labute approximate surface area is 188 Å². The zero-order valence-corrected chi connectivity index (χ0v) is 18.2. The normalized spacial score (nSPS) is 20.2. The molecular weight excluding hydrogens is 522 g/mol. The topological polar surface area (TPSA) is 114 Å². The molecule has 0 radical (unpaired) electrons. The van der Waals surface area contributed by atoms with Crippen LogP contribution in [0.1, 0.15) is 21.7 Å². The monoisotopic (exact) mass is 536 g/mol. The van der Waals surface area contributed by atoms with Crippen LogP contribution in [0.15, 0.2) is 34.9 Å². The number of nitrogens with one attached hydrogen (secondary N) is 2. The number of imide groups is 1. The van der Waals surface area contributed by atoms with Gasteiger partial charge in [-0.1, -0.05) is 6.07 Å². The number of amides is 4. The summed E-state index contributed by atoms with van der Waals surface area (Å²) in [6.45, 7) is -0.178. The fourth-order valence-corrected chi connectivity index (χ4v) is 4.54. The van der Waals surface area contributed by atoms with Gasteiger partial charge in [0.2, 0.25) is 0 Å². The van der Waals surface area contributed by atoms with Gasteiger partial charge in [-0.3, -0.25) is 14.9 Å². The highest BCUT2D eigenvalue weighted by atomic mass is 127. The van der Waals surface area contributed by atoms with Gasteiger partial charge in [0.05, 0.1) is 24.6 Å². The van der Waals surface area contributed by atoms with Gasteiger partial charge in [0, 0.05) is 12.7 Å². The summed E-state index contributed by atoms with van der Waals surface area (Å²) in [4.78, 5) is 43.5. The van der Waals surface area contributed by atoms with E-state index in [-0.39, 0.29) is 30.2 Å². The number of benzene rings is 1. The van der Waals surface area contributed by atoms with Gasteiger partial charge in [-0.05, 0) is 46.4 Å². The first-order chi connectivity index (χ1) is 14.8. The molecule has 11 heteroatoms. The second kappa shape index (κ2) is 6.90. The molecule has 2 aliphatic heterocycles. The Morgan fingerprint density at radius 2 is 2.13 bits per heavy atom. The number of hydrogen-bond acceptors (Lipinski definition) is 6. The van der Waals surface area contributed by atoms with Gasteiger partial charge in [-0.15, -0.1) is 0 Å². The van der Waals surface area contributed by atoms with E-state index in [1.165, 1.54) is 18.1 Å². The molecule has 1 saturated heterocycles. The third-order valence-corrected chi connectivity index (χ3v) is 6.32. The van der Waals surface area contributed by atoms with E-state index < -0.39 is 29.2 Å². The number of fused-ring (bicyclic) bond motifs is 2. The number of halogens is 2. The number of aromatic nitrogens is 1. The van der Waals surface area contributed by atoms with Crippen molar-refractivity contribution in [3.63, 3.8) is 0 Å². The van der Waals surface area contributed by atoms with Crippen molar-refractivity contribution in [3.8, 4) is 5.75 Å². The molecule has 5 rings (SSSR count). The molecule has 2 aliphatic rings. The maximum absolute atomic E-state index is 14.7. The van der Waals surface area contributed by atoms with Gasteiger partial charge in [0.25, 0.3) is 11.8 Å². The Balaban J connectivity index is 1.57. The van der Waals surface area contributed by atoms with Crippen LogP contribution in [0.4, 0.5) is 9.18 Å². The number of nitrogens with zero attached hydrogens (tertiary/aromatic N) is 2. The number of rotatable bonds is 4. The van der Waals surface area contributed by atoms with E-state index in [0.29, 0.717) is 20.2 Å². The number of pyridine rings is 1. The molecule has 2 N–H and O–H groups in total. The van der Waals surface area contributed by atoms with E-state index >= 15 is 0 Å².